The monoisotopic (exact) mass is 138 g/mol. The first-order valence-corrected chi connectivity index (χ1v) is 2.38. The Morgan fingerprint density at radius 3 is 2.11 bits per heavy atom. The van der Waals surface area contributed by atoms with Crippen LogP contribution in [0.3, 0.4) is 0 Å². The number of hydrogen-bond donors (Lipinski definition) is 2. The van der Waals surface area contributed by atoms with Crippen molar-refractivity contribution in [2.75, 3.05) is 6.54 Å². The first-order chi connectivity index (χ1) is 4.00. The lowest BCUT2D eigenvalue weighted by Gasteiger charge is -2.08. The van der Waals surface area contributed by atoms with Gasteiger partial charge in [-0.15, -0.1) is 0 Å². The third-order valence-corrected chi connectivity index (χ3v) is 0.819. The molecule has 0 aliphatic carbocycles. The van der Waals surface area contributed by atoms with E-state index in [2.05, 4.69) is 5.73 Å². The molecule has 0 fully saturated rings. The molecule has 3 nitrogen and oxygen atoms in total. The summed E-state index contributed by atoms with van der Waals surface area (Å²) in [7, 11) is 0. The number of carbonyl (C=O) groups excluding carboxylic acids is 1. The lowest BCUT2D eigenvalue weighted by atomic mass is 10.2. The van der Waals surface area contributed by atoms with Crippen LogP contribution in [-0.4, -0.2) is 18.4 Å². The Labute approximate surface area is 51.0 Å². The standard InChI is InChI=1S/C4H8F2N2O/c5-4(6,1-2-7)3(8)9/h1-2,7H2,(H2,8,9). The largest absolute Gasteiger partial charge is 0.364 e. The Balaban J connectivity index is 3.85. The second-order valence-electron chi connectivity index (χ2n) is 1.61. The lowest BCUT2D eigenvalue weighted by Crippen LogP contribution is -2.37. The van der Waals surface area contributed by atoms with Gasteiger partial charge in [0.1, 0.15) is 0 Å². The van der Waals surface area contributed by atoms with Gasteiger partial charge in [-0.1, -0.05) is 0 Å². The number of nitrogens with two attached hydrogens (primary N) is 2. The molecule has 9 heavy (non-hydrogen) atoms. The molecule has 0 aromatic rings. The van der Waals surface area contributed by atoms with Gasteiger partial charge >= 0.3 is 5.92 Å². The van der Waals surface area contributed by atoms with E-state index in [0.717, 1.165) is 0 Å². The number of primary amides is 1. The summed E-state index contributed by atoms with van der Waals surface area (Å²) < 4.78 is 24.0. The number of hydrogen-bond acceptors (Lipinski definition) is 2. The average molecular weight is 138 g/mol. The predicted molar refractivity (Wildman–Crippen MR) is 27.8 cm³/mol. The summed E-state index contributed by atoms with van der Waals surface area (Å²) in [6, 6.07) is 0. The molecule has 0 heterocycles. The summed E-state index contributed by atoms with van der Waals surface area (Å²) in [6.45, 7) is -0.240. The maximum Gasteiger partial charge on any atom is 0.325 e. The molecule has 0 saturated heterocycles. The van der Waals surface area contributed by atoms with Crippen molar-refractivity contribution in [1.82, 2.24) is 0 Å². The van der Waals surface area contributed by atoms with Gasteiger partial charge in [0.2, 0.25) is 0 Å². The van der Waals surface area contributed by atoms with E-state index in [-0.39, 0.29) is 6.54 Å². The molecule has 0 atom stereocenters. The maximum atomic E-state index is 12.0. The maximum absolute atomic E-state index is 12.0. The number of carbonyl (C=O) groups is 1. The highest BCUT2D eigenvalue weighted by Crippen LogP contribution is 2.15. The van der Waals surface area contributed by atoms with Gasteiger partial charge in [-0.2, -0.15) is 8.78 Å². The van der Waals surface area contributed by atoms with Gasteiger partial charge < -0.3 is 11.5 Å². The average Bonchev–Trinajstić information content (AvgIpc) is 1.65. The summed E-state index contributed by atoms with van der Waals surface area (Å²) in [4.78, 5) is 9.83. The zero-order valence-corrected chi connectivity index (χ0v) is 4.73. The summed E-state index contributed by atoms with van der Waals surface area (Å²) in [5.74, 6) is -5.05. The third kappa shape index (κ3) is 2.36. The van der Waals surface area contributed by atoms with Gasteiger partial charge in [-0.05, 0) is 6.54 Å². The van der Waals surface area contributed by atoms with E-state index in [1.165, 1.54) is 0 Å². The lowest BCUT2D eigenvalue weighted by molar-refractivity contribution is -0.142. The topological polar surface area (TPSA) is 69.1 Å². The van der Waals surface area contributed by atoms with Crippen LogP contribution >= 0.6 is 0 Å². The van der Waals surface area contributed by atoms with Crippen molar-refractivity contribution in [1.29, 1.82) is 0 Å². The second kappa shape index (κ2) is 2.72. The van der Waals surface area contributed by atoms with Crippen molar-refractivity contribution < 1.29 is 13.6 Å². The van der Waals surface area contributed by atoms with Crippen LogP contribution in [0.4, 0.5) is 8.78 Å². The molecule has 0 bridgehead atoms. The Kier molecular flexibility index (Phi) is 2.51. The molecule has 5 heteroatoms. The number of rotatable bonds is 3. The van der Waals surface area contributed by atoms with Gasteiger partial charge in [0.25, 0.3) is 5.91 Å². The van der Waals surface area contributed by atoms with Gasteiger partial charge in [-0.25, -0.2) is 0 Å². The molecule has 54 valence electrons. The van der Waals surface area contributed by atoms with Crippen LogP contribution in [0, 0.1) is 0 Å². The summed E-state index contributed by atoms with van der Waals surface area (Å²) in [6.07, 6.45) is -0.678. The van der Waals surface area contributed by atoms with Crippen LogP contribution in [0.15, 0.2) is 0 Å². The minimum absolute atomic E-state index is 0.240. The number of halogens is 2. The Bertz CT molecular complexity index is 115. The van der Waals surface area contributed by atoms with E-state index in [1.807, 2.05) is 0 Å². The van der Waals surface area contributed by atoms with E-state index in [1.54, 1.807) is 0 Å². The fourth-order valence-electron chi connectivity index (χ4n) is 0.304. The third-order valence-electron chi connectivity index (χ3n) is 0.819. The predicted octanol–water partition coefficient (Wildman–Crippen LogP) is -0.544. The molecule has 0 aromatic heterocycles. The first-order valence-electron chi connectivity index (χ1n) is 2.38. The molecule has 0 unspecified atom stereocenters. The molecule has 0 aliphatic heterocycles. The van der Waals surface area contributed by atoms with Crippen molar-refractivity contribution in [3.63, 3.8) is 0 Å². The van der Waals surface area contributed by atoms with Gasteiger partial charge in [0.15, 0.2) is 0 Å². The first kappa shape index (κ1) is 8.29. The molecule has 1 amide bonds. The minimum Gasteiger partial charge on any atom is -0.364 e. The molecule has 0 radical (unpaired) electrons. The van der Waals surface area contributed by atoms with Crippen LogP contribution in [0.1, 0.15) is 6.42 Å². The molecule has 0 aromatic carbocycles. The quantitative estimate of drug-likeness (QED) is 0.549. The molecule has 0 spiro atoms. The molecule has 0 saturated carbocycles. The number of alkyl halides is 2. The summed E-state index contributed by atoms with van der Waals surface area (Å²) in [5.41, 5.74) is 9.08. The van der Waals surface area contributed by atoms with Crippen molar-refractivity contribution in [2.24, 2.45) is 11.5 Å². The highest BCUT2D eigenvalue weighted by molar-refractivity contribution is 5.81. The van der Waals surface area contributed by atoms with E-state index in [9.17, 15) is 13.6 Å². The van der Waals surface area contributed by atoms with Crippen molar-refractivity contribution >= 4 is 5.91 Å². The fraction of sp³-hybridized carbons (Fsp3) is 0.750. The summed E-state index contributed by atoms with van der Waals surface area (Å²) in [5, 5.41) is 0. The SMILES string of the molecule is NCCC(F)(F)C(N)=O. The van der Waals surface area contributed by atoms with Crippen molar-refractivity contribution in [3.8, 4) is 0 Å². The number of amides is 1. The molecular weight excluding hydrogens is 130 g/mol. The van der Waals surface area contributed by atoms with E-state index in [4.69, 9.17) is 5.73 Å². The minimum atomic E-state index is -3.44. The summed E-state index contributed by atoms with van der Waals surface area (Å²) >= 11 is 0. The molecular formula is C4H8F2N2O. The van der Waals surface area contributed by atoms with E-state index in [0.29, 0.717) is 0 Å². The van der Waals surface area contributed by atoms with Gasteiger partial charge in [0.05, 0.1) is 0 Å². The molecule has 0 rings (SSSR count). The van der Waals surface area contributed by atoms with Crippen LogP contribution < -0.4 is 11.5 Å². The van der Waals surface area contributed by atoms with Crippen molar-refractivity contribution in [3.05, 3.63) is 0 Å². The van der Waals surface area contributed by atoms with Gasteiger partial charge in [0, 0.05) is 6.42 Å². The zero-order chi connectivity index (χ0) is 7.49. The Morgan fingerprint density at radius 1 is 1.56 bits per heavy atom. The zero-order valence-electron chi connectivity index (χ0n) is 4.73. The van der Waals surface area contributed by atoms with Crippen LogP contribution in [0.25, 0.3) is 0 Å². The smallest absolute Gasteiger partial charge is 0.325 e. The highest BCUT2D eigenvalue weighted by atomic mass is 19.3. The van der Waals surface area contributed by atoms with E-state index < -0.39 is 18.3 Å². The second-order valence-corrected chi connectivity index (χ2v) is 1.61. The van der Waals surface area contributed by atoms with Crippen molar-refractivity contribution in [2.45, 2.75) is 12.3 Å². The van der Waals surface area contributed by atoms with Crippen LogP contribution in [-0.2, 0) is 4.79 Å². The van der Waals surface area contributed by atoms with Crippen LogP contribution in [0.2, 0.25) is 0 Å². The fourth-order valence-corrected chi connectivity index (χ4v) is 0.304. The van der Waals surface area contributed by atoms with Crippen LogP contribution in [0.5, 0.6) is 0 Å². The highest BCUT2D eigenvalue weighted by Gasteiger charge is 2.34. The Morgan fingerprint density at radius 2 is 2.00 bits per heavy atom. The Hall–Kier alpha value is -0.710. The molecule has 4 N–H and O–H groups in total. The normalized spacial score (nSPS) is 11.4. The van der Waals surface area contributed by atoms with Gasteiger partial charge in [-0.3, -0.25) is 4.79 Å². The molecule has 0 aliphatic rings. The van der Waals surface area contributed by atoms with E-state index >= 15 is 0 Å².